The van der Waals surface area contributed by atoms with Crippen molar-refractivity contribution in [2.75, 3.05) is 0 Å². The topological polar surface area (TPSA) is 87.0 Å². The summed E-state index contributed by atoms with van der Waals surface area (Å²) in [5.41, 5.74) is -1.33. The molecule has 0 aromatic heterocycles. The molecule has 3 N–H and O–H groups in total. The standard InChI is InChI=1S/C20H34O5/c1-11(2)9-15(21)25-14-10-13(5)16(22)18(23)19(6)7-8-20(24,12(3)4)17(14)19/h11-12,14,16-18,22-24H,5,7-10H2,1-4,6H3. The molecule has 0 heterocycles. The number of hydrogen-bond acceptors (Lipinski definition) is 5. The van der Waals surface area contributed by atoms with Crippen molar-refractivity contribution in [3.8, 4) is 0 Å². The Morgan fingerprint density at radius 2 is 1.88 bits per heavy atom. The van der Waals surface area contributed by atoms with Gasteiger partial charge >= 0.3 is 5.97 Å². The molecule has 2 aliphatic carbocycles. The summed E-state index contributed by atoms with van der Waals surface area (Å²) in [5.74, 6) is -0.628. The first-order chi connectivity index (χ1) is 11.4. The molecule has 25 heavy (non-hydrogen) atoms. The molecule has 0 bridgehead atoms. The predicted molar refractivity (Wildman–Crippen MR) is 95.7 cm³/mol. The van der Waals surface area contributed by atoms with Gasteiger partial charge in [0, 0.05) is 24.2 Å². The molecule has 2 saturated carbocycles. The number of ether oxygens (including phenoxy) is 1. The van der Waals surface area contributed by atoms with Crippen molar-refractivity contribution in [3.63, 3.8) is 0 Å². The normalized spacial score (nSPS) is 41.8. The van der Waals surface area contributed by atoms with E-state index in [-0.39, 0.29) is 24.2 Å². The van der Waals surface area contributed by atoms with E-state index in [1.165, 1.54) is 0 Å². The summed E-state index contributed by atoms with van der Waals surface area (Å²) in [6.45, 7) is 13.6. The third-order valence-corrected chi connectivity index (χ3v) is 6.40. The molecule has 0 radical (unpaired) electrons. The van der Waals surface area contributed by atoms with Crippen molar-refractivity contribution < 1.29 is 24.9 Å². The monoisotopic (exact) mass is 354 g/mol. The zero-order chi connectivity index (χ0) is 19.2. The molecule has 0 aliphatic heterocycles. The second-order valence-corrected chi connectivity index (χ2v) is 9.01. The summed E-state index contributed by atoms with van der Waals surface area (Å²) in [6.07, 6.45) is -1.06. The van der Waals surface area contributed by atoms with E-state index in [1.54, 1.807) is 0 Å². The summed E-state index contributed by atoms with van der Waals surface area (Å²) in [4.78, 5) is 12.3. The Balaban J connectivity index is 2.44. The van der Waals surface area contributed by atoms with E-state index in [1.807, 2.05) is 34.6 Å². The second kappa shape index (κ2) is 7.01. The van der Waals surface area contributed by atoms with E-state index in [0.717, 1.165) is 0 Å². The number of hydrogen-bond donors (Lipinski definition) is 3. The van der Waals surface area contributed by atoms with Gasteiger partial charge in [-0.25, -0.2) is 0 Å². The highest BCUT2D eigenvalue weighted by atomic mass is 16.5. The van der Waals surface area contributed by atoms with Crippen LogP contribution in [-0.4, -0.2) is 45.2 Å². The lowest BCUT2D eigenvalue weighted by Gasteiger charge is -2.45. The van der Waals surface area contributed by atoms with Crippen LogP contribution in [0.4, 0.5) is 0 Å². The molecule has 2 rings (SSSR count). The van der Waals surface area contributed by atoms with Crippen LogP contribution in [0.1, 0.15) is 60.3 Å². The molecule has 0 aromatic carbocycles. The van der Waals surface area contributed by atoms with Crippen LogP contribution in [-0.2, 0) is 9.53 Å². The maximum Gasteiger partial charge on any atom is 0.306 e. The number of aliphatic hydroxyl groups is 3. The molecule has 6 atom stereocenters. The van der Waals surface area contributed by atoms with E-state index >= 15 is 0 Å². The van der Waals surface area contributed by atoms with Gasteiger partial charge in [-0.1, -0.05) is 41.2 Å². The molecule has 0 amide bonds. The Bertz CT molecular complexity index is 528. The minimum Gasteiger partial charge on any atom is -0.462 e. The van der Waals surface area contributed by atoms with Gasteiger partial charge in [-0.3, -0.25) is 4.79 Å². The summed E-state index contributed by atoms with van der Waals surface area (Å²) in [6, 6.07) is 0. The molecule has 5 heteroatoms. The average molecular weight is 354 g/mol. The quantitative estimate of drug-likeness (QED) is 0.533. The van der Waals surface area contributed by atoms with Crippen molar-refractivity contribution >= 4 is 5.97 Å². The van der Waals surface area contributed by atoms with Crippen molar-refractivity contribution in [1.82, 2.24) is 0 Å². The highest BCUT2D eigenvalue weighted by Crippen LogP contribution is 2.58. The molecule has 144 valence electrons. The van der Waals surface area contributed by atoms with E-state index in [4.69, 9.17) is 4.74 Å². The zero-order valence-electron chi connectivity index (χ0n) is 16.2. The van der Waals surface area contributed by atoms with Crippen molar-refractivity contribution in [2.45, 2.75) is 84.2 Å². The van der Waals surface area contributed by atoms with Crippen molar-refractivity contribution in [3.05, 3.63) is 12.2 Å². The van der Waals surface area contributed by atoms with Crippen molar-refractivity contribution in [1.29, 1.82) is 0 Å². The van der Waals surface area contributed by atoms with Gasteiger partial charge < -0.3 is 20.1 Å². The van der Waals surface area contributed by atoms with E-state index < -0.39 is 35.2 Å². The number of esters is 1. The second-order valence-electron chi connectivity index (χ2n) is 9.01. The van der Waals surface area contributed by atoms with Crippen molar-refractivity contribution in [2.24, 2.45) is 23.2 Å². The predicted octanol–water partition coefficient (Wildman–Crippen LogP) is 2.43. The van der Waals surface area contributed by atoms with Gasteiger partial charge in [-0.05, 0) is 30.3 Å². The largest absolute Gasteiger partial charge is 0.462 e. The van der Waals surface area contributed by atoms with Gasteiger partial charge in [-0.15, -0.1) is 0 Å². The fourth-order valence-corrected chi connectivity index (χ4v) is 4.82. The van der Waals surface area contributed by atoms with Gasteiger partial charge in [0.25, 0.3) is 0 Å². The minimum absolute atomic E-state index is 0.0543. The Morgan fingerprint density at radius 3 is 2.40 bits per heavy atom. The molecular weight excluding hydrogens is 320 g/mol. The summed E-state index contributed by atoms with van der Waals surface area (Å²) in [7, 11) is 0. The van der Waals surface area contributed by atoms with Gasteiger partial charge in [0.2, 0.25) is 0 Å². The maximum absolute atomic E-state index is 12.3. The molecule has 2 aliphatic rings. The van der Waals surface area contributed by atoms with E-state index in [2.05, 4.69) is 6.58 Å². The van der Waals surface area contributed by atoms with Crippen LogP contribution >= 0.6 is 0 Å². The van der Waals surface area contributed by atoms with E-state index in [0.29, 0.717) is 24.8 Å². The molecular formula is C20H34O5. The Hall–Kier alpha value is -0.910. The smallest absolute Gasteiger partial charge is 0.306 e. The summed E-state index contributed by atoms with van der Waals surface area (Å²) < 4.78 is 5.79. The fraction of sp³-hybridized carbons (Fsp3) is 0.850. The highest BCUT2D eigenvalue weighted by molar-refractivity contribution is 5.69. The van der Waals surface area contributed by atoms with Gasteiger partial charge in [0.1, 0.15) is 12.2 Å². The number of carbonyl (C=O) groups is 1. The third-order valence-electron chi connectivity index (χ3n) is 6.40. The van der Waals surface area contributed by atoms with Crippen LogP contribution in [0.3, 0.4) is 0 Å². The lowest BCUT2D eigenvalue weighted by molar-refractivity contribution is -0.173. The van der Waals surface area contributed by atoms with Crippen LogP contribution in [0.2, 0.25) is 0 Å². The lowest BCUT2D eigenvalue weighted by atomic mass is 9.66. The van der Waals surface area contributed by atoms with Crippen LogP contribution in [0.5, 0.6) is 0 Å². The summed E-state index contributed by atoms with van der Waals surface area (Å²) in [5, 5.41) is 32.7. The minimum atomic E-state index is -1.07. The Kier molecular flexibility index (Phi) is 5.72. The maximum atomic E-state index is 12.3. The van der Waals surface area contributed by atoms with Crippen LogP contribution < -0.4 is 0 Å². The number of rotatable bonds is 4. The zero-order valence-corrected chi connectivity index (χ0v) is 16.2. The van der Waals surface area contributed by atoms with Crippen LogP contribution in [0.15, 0.2) is 12.2 Å². The van der Waals surface area contributed by atoms with Gasteiger partial charge in [-0.2, -0.15) is 0 Å². The van der Waals surface area contributed by atoms with E-state index in [9.17, 15) is 20.1 Å². The number of carbonyl (C=O) groups excluding carboxylic acids is 1. The molecule has 5 nitrogen and oxygen atoms in total. The first-order valence-corrected chi connectivity index (χ1v) is 9.39. The lowest BCUT2D eigenvalue weighted by Crippen LogP contribution is -2.53. The van der Waals surface area contributed by atoms with Crippen LogP contribution in [0, 0.1) is 23.2 Å². The SMILES string of the molecule is C=C1CC(OC(=O)CC(C)C)C2C(C)(CCC2(O)C(C)C)C(O)C1O. The number of aliphatic hydroxyl groups excluding tert-OH is 2. The first-order valence-electron chi connectivity index (χ1n) is 9.39. The average Bonchev–Trinajstić information content (AvgIpc) is 2.74. The van der Waals surface area contributed by atoms with Gasteiger partial charge in [0.05, 0.1) is 11.7 Å². The fourth-order valence-electron chi connectivity index (χ4n) is 4.82. The third kappa shape index (κ3) is 3.51. The highest BCUT2D eigenvalue weighted by Gasteiger charge is 2.64. The Labute approximate surface area is 151 Å². The molecule has 6 unspecified atom stereocenters. The van der Waals surface area contributed by atoms with Crippen LogP contribution in [0.25, 0.3) is 0 Å². The first kappa shape index (κ1) is 20.4. The number of fused-ring (bicyclic) bond motifs is 1. The molecule has 0 spiro atoms. The molecule has 0 saturated heterocycles. The van der Waals surface area contributed by atoms with Gasteiger partial charge in [0.15, 0.2) is 0 Å². The molecule has 2 fully saturated rings. The molecule has 0 aromatic rings. The summed E-state index contributed by atoms with van der Waals surface area (Å²) >= 11 is 0. The Morgan fingerprint density at radius 1 is 1.28 bits per heavy atom.